The first-order valence-electron chi connectivity index (χ1n) is 21.6. The number of halogens is 1. The number of thioether (sulfide) groups is 1. The second-order valence-corrected chi connectivity index (χ2v) is 19.5. The van der Waals surface area contributed by atoms with Gasteiger partial charge in [-0.2, -0.15) is 0 Å². The summed E-state index contributed by atoms with van der Waals surface area (Å²) in [6.45, 7) is 7.11. The number of ether oxygens (including phenoxy) is 1. The molecule has 2 aliphatic rings. The average molecular weight is 912 g/mol. The average Bonchev–Trinajstić information content (AvgIpc) is 3.31. The van der Waals surface area contributed by atoms with Crippen molar-refractivity contribution in [1.29, 1.82) is 0 Å². The van der Waals surface area contributed by atoms with E-state index in [1.165, 1.54) is 12.1 Å². The molecule has 3 N–H and O–H groups in total. The van der Waals surface area contributed by atoms with Crippen molar-refractivity contribution in [3.63, 3.8) is 0 Å². The zero-order valence-corrected chi connectivity index (χ0v) is 37.9. The van der Waals surface area contributed by atoms with Crippen LogP contribution in [-0.4, -0.2) is 91.8 Å². The van der Waals surface area contributed by atoms with E-state index in [0.717, 1.165) is 79.3 Å². The van der Waals surface area contributed by atoms with Crippen LogP contribution in [0.15, 0.2) is 126 Å². The topological polar surface area (TPSA) is 147 Å². The minimum absolute atomic E-state index is 0.00439. The second kappa shape index (κ2) is 22.3. The van der Waals surface area contributed by atoms with E-state index in [1.54, 1.807) is 36.9 Å². The van der Waals surface area contributed by atoms with Gasteiger partial charge in [0.05, 0.1) is 36.7 Å². The van der Waals surface area contributed by atoms with Gasteiger partial charge in [-0.1, -0.05) is 66.2 Å². The van der Waals surface area contributed by atoms with Crippen LogP contribution < -0.4 is 20.6 Å². The van der Waals surface area contributed by atoms with Crippen LogP contribution in [0.2, 0.25) is 5.02 Å². The molecule has 12 nitrogen and oxygen atoms in total. The van der Waals surface area contributed by atoms with Gasteiger partial charge in [0, 0.05) is 77.7 Å². The van der Waals surface area contributed by atoms with Gasteiger partial charge in [0.25, 0.3) is 11.6 Å². The summed E-state index contributed by atoms with van der Waals surface area (Å²) in [4.78, 5) is 31.4. The Hall–Kier alpha value is -4.72. The third-order valence-electron chi connectivity index (χ3n) is 11.8. The van der Waals surface area contributed by atoms with Gasteiger partial charge in [-0.05, 0) is 109 Å². The first-order chi connectivity index (χ1) is 30.6. The number of hydrogen-bond donors (Lipinski definition) is 3. The Morgan fingerprint density at radius 3 is 2.33 bits per heavy atom. The number of nitrogens with zero attached hydrogens (tertiary/aromatic N) is 3. The van der Waals surface area contributed by atoms with Gasteiger partial charge in [-0.25, -0.2) is 0 Å². The molecule has 332 valence electrons. The number of piperidine rings is 1. The number of carbonyl (C=O) groups is 1. The molecule has 15 heteroatoms. The van der Waals surface area contributed by atoms with E-state index in [-0.39, 0.29) is 47.6 Å². The maximum Gasteiger partial charge on any atom is 0.326 e. The van der Waals surface area contributed by atoms with E-state index < -0.39 is 18.4 Å². The maximum absolute atomic E-state index is 14.4. The minimum Gasteiger partial charge on any atom is -0.396 e. The van der Waals surface area contributed by atoms with Crippen LogP contribution in [0, 0.1) is 16.0 Å². The molecule has 2 unspecified atom stereocenters. The Balaban J connectivity index is 1.00. The molecule has 63 heavy (non-hydrogen) atoms. The first-order valence-corrected chi connectivity index (χ1v) is 24.5. The molecule has 2 fully saturated rings. The number of aliphatic hydroxyl groups excluding tert-OH is 1. The van der Waals surface area contributed by atoms with Crippen molar-refractivity contribution < 1.29 is 28.7 Å². The number of carbonyl (C=O) groups excluding carboxylic acids is 1. The van der Waals surface area contributed by atoms with Crippen LogP contribution in [0.25, 0.3) is 11.1 Å². The van der Waals surface area contributed by atoms with Gasteiger partial charge in [-0.3, -0.25) is 29.5 Å². The number of anilines is 2. The summed E-state index contributed by atoms with van der Waals surface area (Å²) in [5.74, 6) is 0.307. The van der Waals surface area contributed by atoms with E-state index in [4.69, 9.17) is 20.9 Å². The van der Waals surface area contributed by atoms with Gasteiger partial charge < -0.3 is 24.6 Å². The molecule has 2 aliphatic heterocycles. The summed E-state index contributed by atoms with van der Waals surface area (Å²) in [6, 6.07) is 37.4. The first kappa shape index (κ1) is 46.3. The molecule has 2 saturated heterocycles. The lowest BCUT2D eigenvalue weighted by Gasteiger charge is -2.37. The van der Waals surface area contributed by atoms with Crippen molar-refractivity contribution in [1.82, 2.24) is 9.99 Å². The van der Waals surface area contributed by atoms with E-state index in [1.807, 2.05) is 78.9 Å². The van der Waals surface area contributed by atoms with Crippen molar-refractivity contribution in [2.75, 3.05) is 75.1 Å². The van der Waals surface area contributed by atoms with Crippen LogP contribution >= 0.6 is 30.9 Å². The lowest BCUT2D eigenvalue weighted by atomic mass is 9.78. The van der Waals surface area contributed by atoms with Crippen molar-refractivity contribution in [2.45, 2.75) is 43.0 Å². The predicted octanol–water partition coefficient (Wildman–Crippen LogP) is 9.49. The SMILES string of the molecule is CCOP(=O)(NC(=O)c1ccc(N2CCC(C(CO)c3ccccc3-c3ccc(Cl)cc3)CC2)cc1)c1ccc(N[C@H](CCN2CCOCC2)CSc2ccccc2)c([N+](=O)[O-])c1. The zero-order valence-electron chi connectivity index (χ0n) is 35.4. The second-order valence-electron chi connectivity index (χ2n) is 15.8. The highest BCUT2D eigenvalue weighted by atomic mass is 35.5. The van der Waals surface area contributed by atoms with Crippen LogP contribution in [0.3, 0.4) is 0 Å². The molecule has 0 bridgehead atoms. The van der Waals surface area contributed by atoms with Gasteiger partial charge >= 0.3 is 7.52 Å². The Labute approximate surface area is 379 Å². The van der Waals surface area contributed by atoms with Crippen LogP contribution in [0.1, 0.15) is 48.0 Å². The Morgan fingerprint density at radius 1 is 0.952 bits per heavy atom. The molecule has 3 atom stereocenters. The van der Waals surface area contributed by atoms with Crippen molar-refractivity contribution in [3.8, 4) is 11.1 Å². The van der Waals surface area contributed by atoms with Crippen LogP contribution in [-0.2, 0) is 13.8 Å². The number of rotatable bonds is 19. The number of morpholine rings is 1. The minimum atomic E-state index is -4.10. The molecule has 7 rings (SSSR count). The number of amides is 1. The Morgan fingerprint density at radius 2 is 1.65 bits per heavy atom. The van der Waals surface area contributed by atoms with E-state index in [2.05, 4.69) is 32.3 Å². The van der Waals surface area contributed by atoms with Crippen molar-refractivity contribution >= 4 is 59.2 Å². The fourth-order valence-corrected chi connectivity index (χ4v) is 11.2. The Kier molecular flexibility index (Phi) is 16.4. The highest BCUT2D eigenvalue weighted by Crippen LogP contribution is 2.44. The van der Waals surface area contributed by atoms with Crippen LogP contribution in [0.5, 0.6) is 0 Å². The molecule has 0 aliphatic carbocycles. The van der Waals surface area contributed by atoms with Crippen molar-refractivity contribution in [3.05, 3.63) is 148 Å². The van der Waals surface area contributed by atoms with Gasteiger partial charge in [0.15, 0.2) is 0 Å². The Bertz CT molecular complexity index is 2330. The summed E-state index contributed by atoms with van der Waals surface area (Å²) >= 11 is 7.84. The molecule has 0 radical (unpaired) electrons. The number of hydrogen-bond acceptors (Lipinski definition) is 11. The fourth-order valence-electron chi connectivity index (χ4n) is 8.42. The van der Waals surface area contributed by atoms with Crippen molar-refractivity contribution in [2.24, 2.45) is 5.92 Å². The fraction of sp³-hybridized carbons (Fsp3) is 0.354. The van der Waals surface area contributed by atoms with Gasteiger partial charge in [0.2, 0.25) is 0 Å². The molecule has 0 saturated carbocycles. The summed E-state index contributed by atoms with van der Waals surface area (Å²) in [7, 11) is -4.10. The maximum atomic E-state index is 14.4. The van der Waals surface area contributed by atoms with Gasteiger partial charge in [0.1, 0.15) is 5.69 Å². The number of nitro groups is 1. The summed E-state index contributed by atoms with van der Waals surface area (Å²) in [5, 5.41) is 29.9. The third-order valence-corrected chi connectivity index (χ3v) is 15.3. The number of nitrogens with one attached hydrogen (secondary N) is 2. The molecule has 2 heterocycles. The molecular formula is C48H55ClN5O7PS. The molecule has 1 amide bonds. The summed E-state index contributed by atoms with van der Waals surface area (Å²) in [6.07, 6.45) is 2.50. The quantitative estimate of drug-likeness (QED) is 0.0315. The molecule has 0 spiro atoms. The van der Waals surface area contributed by atoms with Gasteiger partial charge in [-0.15, -0.1) is 11.8 Å². The monoisotopic (exact) mass is 911 g/mol. The molecule has 5 aromatic carbocycles. The lowest BCUT2D eigenvalue weighted by molar-refractivity contribution is -0.383. The number of nitro benzene ring substituents is 1. The van der Waals surface area contributed by atoms with Crippen LogP contribution in [0.4, 0.5) is 17.1 Å². The van der Waals surface area contributed by atoms with E-state index in [9.17, 15) is 24.6 Å². The summed E-state index contributed by atoms with van der Waals surface area (Å²) < 4.78 is 25.7. The highest BCUT2D eigenvalue weighted by molar-refractivity contribution is 7.99. The lowest BCUT2D eigenvalue weighted by Crippen LogP contribution is -2.39. The van der Waals surface area contributed by atoms with E-state index >= 15 is 0 Å². The third kappa shape index (κ3) is 12.1. The molecule has 0 aromatic heterocycles. The van der Waals surface area contributed by atoms with E-state index in [0.29, 0.717) is 29.7 Å². The standard InChI is InChI=1S/C48H55ClN5O7PS/c1-2-61-62(59,41-20-21-46(47(32-41)54(57)58)50-39(24-25-52-28-30-60-31-29-52)34-63-42-8-4-3-5-9-42)51-48(56)37-14-18-40(19-15-37)53-26-22-36(23-27-53)45(33-55)44-11-7-6-10-43(44)35-12-16-38(49)17-13-35/h3-21,32,36,39,45,50,55H,2,22-31,33-34H2,1H3,(H,51,56,59)/t39-,45?,62?/m1/s1. The smallest absolute Gasteiger partial charge is 0.326 e. The summed E-state index contributed by atoms with van der Waals surface area (Å²) in [5.41, 5.74) is 4.55. The predicted molar refractivity (Wildman–Crippen MR) is 254 cm³/mol. The highest BCUT2D eigenvalue weighted by Gasteiger charge is 2.33. The number of benzene rings is 5. The normalized spacial score (nSPS) is 16.8. The largest absolute Gasteiger partial charge is 0.396 e. The number of aliphatic hydroxyl groups is 1. The molecular weight excluding hydrogens is 857 g/mol. The molecule has 5 aromatic rings. The zero-order chi connectivity index (χ0) is 44.2.